The van der Waals surface area contributed by atoms with Gasteiger partial charge in [-0.3, -0.25) is 25.2 Å². The van der Waals surface area contributed by atoms with Crippen molar-refractivity contribution < 1.29 is 19.1 Å². The topological polar surface area (TPSA) is 84.5 Å². The fraction of sp³-hybridized carbons (Fsp3) is 0.381. The summed E-state index contributed by atoms with van der Waals surface area (Å²) >= 11 is 2.89. The number of Topliss-reactive ketones (excluding diaryl/α,β-unsaturated/α-hetero) is 1. The number of methoxy groups -OCH3 is 1. The van der Waals surface area contributed by atoms with Gasteiger partial charge in [0.05, 0.1) is 17.7 Å². The van der Waals surface area contributed by atoms with Crippen LogP contribution in [0.15, 0.2) is 24.3 Å². The lowest BCUT2D eigenvalue weighted by molar-refractivity contribution is -0.119. The molecule has 1 aromatic carbocycles. The van der Waals surface area contributed by atoms with E-state index in [4.69, 9.17) is 4.74 Å². The van der Waals surface area contributed by atoms with Crippen LogP contribution >= 0.6 is 23.1 Å². The fourth-order valence-corrected chi connectivity index (χ4v) is 5.14. The Morgan fingerprint density at radius 3 is 2.66 bits per heavy atom. The molecule has 2 N–H and O–H groups in total. The van der Waals surface area contributed by atoms with Crippen LogP contribution in [0.3, 0.4) is 0 Å². The van der Waals surface area contributed by atoms with Crippen molar-refractivity contribution in [2.24, 2.45) is 0 Å². The number of aryl methyl sites for hydroxylation is 2. The van der Waals surface area contributed by atoms with Crippen LogP contribution in [0, 0.1) is 0 Å². The number of hydrazine groups is 1. The number of carbonyl (C=O) groups is 3. The van der Waals surface area contributed by atoms with Gasteiger partial charge >= 0.3 is 0 Å². The van der Waals surface area contributed by atoms with Gasteiger partial charge in [0.2, 0.25) is 5.91 Å². The Balaban J connectivity index is 1.47. The molecular formula is C21H24N2O4S2. The van der Waals surface area contributed by atoms with Crippen LogP contribution in [0.4, 0.5) is 0 Å². The monoisotopic (exact) mass is 432 g/mol. The van der Waals surface area contributed by atoms with Crippen molar-refractivity contribution in [3.05, 3.63) is 50.7 Å². The average molecular weight is 433 g/mol. The van der Waals surface area contributed by atoms with Gasteiger partial charge in [-0.2, -0.15) is 0 Å². The van der Waals surface area contributed by atoms with Gasteiger partial charge in [-0.15, -0.1) is 23.1 Å². The van der Waals surface area contributed by atoms with Crippen molar-refractivity contribution in [1.29, 1.82) is 0 Å². The maximum Gasteiger partial charge on any atom is 0.279 e. The Morgan fingerprint density at radius 2 is 1.93 bits per heavy atom. The minimum absolute atomic E-state index is 0.0189. The van der Waals surface area contributed by atoms with E-state index < -0.39 is 0 Å². The number of benzene rings is 1. The standard InChI is InChI=1S/C21H24N2O4S2/c1-13(24)14-7-8-17(27-2)16(9-14)11-28-12-20(25)22-23-21(26)19-10-15-5-3-4-6-18(15)29-19/h7-10H,3-6,11-12H2,1-2H3,(H,22,25)(H,23,26). The molecule has 0 spiro atoms. The molecule has 6 nitrogen and oxygen atoms in total. The zero-order chi connectivity index (χ0) is 20.8. The van der Waals surface area contributed by atoms with Gasteiger partial charge in [-0.1, -0.05) is 0 Å². The molecule has 3 rings (SSSR count). The van der Waals surface area contributed by atoms with Gasteiger partial charge in [-0.25, -0.2) is 0 Å². The van der Waals surface area contributed by atoms with Gasteiger partial charge in [0.15, 0.2) is 5.78 Å². The lowest BCUT2D eigenvalue weighted by Gasteiger charge is -2.10. The molecule has 0 atom stereocenters. The van der Waals surface area contributed by atoms with Crippen molar-refractivity contribution in [1.82, 2.24) is 10.9 Å². The van der Waals surface area contributed by atoms with E-state index in [1.807, 2.05) is 6.07 Å². The number of amides is 2. The lowest BCUT2D eigenvalue weighted by atomic mass is 9.99. The van der Waals surface area contributed by atoms with E-state index in [0.29, 0.717) is 21.9 Å². The molecule has 29 heavy (non-hydrogen) atoms. The van der Waals surface area contributed by atoms with Crippen molar-refractivity contribution in [3.63, 3.8) is 0 Å². The Morgan fingerprint density at radius 1 is 1.14 bits per heavy atom. The first-order valence-electron chi connectivity index (χ1n) is 9.44. The van der Waals surface area contributed by atoms with Crippen molar-refractivity contribution in [2.75, 3.05) is 12.9 Å². The highest BCUT2D eigenvalue weighted by Crippen LogP contribution is 2.29. The van der Waals surface area contributed by atoms with Crippen LogP contribution in [-0.4, -0.2) is 30.5 Å². The molecule has 2 aromatic rings. The normalized spacial score (nSPS) is 12.8. The molecule has 0 unspecified atom stereocenters. The number of carbonyl (C=O) groups excluding carboxylic acids is 3. The molecule has 1 aliphatic carbocycles. The molecule has 0 fully saturated rings. The highest BCUT2D eigenvalue weighted by molar-refractivity contribution is 7.99. The quantitative estimate of drug-likeness (QED) is 0.516. The summed E-state index contributed by atoms with van der Waals surface area (Å²) in [7, 11) is 1.57. The van der Waals surface area contributed by atoms with E-state index in [1.54, 1.807) is 25.3 Å². The van der Waals surface area contributed by atoms with Gasteiger partial charge in [0.25, 0.3) is 5.91 Å². The molecule has 1 aliphatic rings. The van der Waals surface area contributed by atoms with E-state index in [1.165, 1.54) is 53.3 Å². The maximum atomic E-state index is 12.3. The Kier molecular flexibility index (Phi) is 7.33. The molecule has 0 saturated heterocycles. The zero-order valence-electron chi connectivity index (χ0n) is 16.5. The smallest absolute Gasteiger partial charge is 0.279 e. The van der Waals surface area contributed by atoms with Crippen LogP contribution in [-0.2, 0) is 23.4 Å². The number of ketones is 1. The van der Waals surface area contributed by atoms with Crippen molar-refractivity contribution >= 4 is 40.7 Å². The second-order valence-corrected chi connectivity index (χ2v) is 8.97. The molecule has 1 aromatic heterocycles. The third-order valence-corrected chi connectivity index (χ3v) is 6.93. The number of fused-ring (bicyclic) bond motifs is 1. The summed E-state index contributed by atoms with van der Waals surface area (Å²) in [6.45, 7) is 1.51. The Hall–Kier alpha value is -2.32. The third-order valence-electron chi connectivity index (χ3n) is 4.71. The van der Waals surface area contributed by atoms with Crippen LogP contribution < -0.4 is 15.6 Å². The molecule has 154 valence electrons. The van der Waals surface area contributed by atoms with E-state index in [0.717, 1.165) is 18.4 Å². The van der Waals surface area contributed by atoms with Crippen molar-refractivity contribution in [3.8, 4) is 5.75 Å². The molecule has 8 heteroatoms. The maximum absolute atomic E-state index is 12.3. The Labute approximate surface area is 178 Å². The van der Waals surface area contributed by atoms with Gasteiger partial charge in [-0.05, 0) is 62.4 Å². The summed E-state index contributed by atoms with van der Waals surface area (Å²) in [6.07, 6.45) is 4.39. The second-order valence-electron chi connectivity index (χ2n) is 6.84. The number of hydrogen-bond donors (Lipinski definition) is 2. The number of rotatable bonds is 7. The van der Waals surface area contributed by atoms with Crippen LogP contribution in [0.5, 0.6) is 5.75 Å². The molecule has 0 aliphatic heterocycles. The zero-order valence-corrected chi connectivity index (χ0v) is 18.1. The summed E-state index contributed by atoms with van der Waals surface area (Å²) in [6, 6.07) is 7.20. The van der Waals surface area contributed by atoms with Crippen LogP contribution in [0.25, 0.3) is 0 Å². The molecule has 0 saturated carbocycles. The predicted octanol–water partition coefficient (Wildman–Crippen LogP) is 3.53. The van der Waals surface area contributed by atoms with Crippen LogP contribution in [0.1, 0.15) is 55.8 Å². The first kappa shape index (κ1) is 21.4. The summed E-state index contributed by atoms with van der Waals surface area (Å²) in [5.74, 6) is 0.787. The highest BCUT2D eigenvalue weighted by atomic mass is 32.2. The fourth-order valence-electron chi connectivity index (χ4n) is 3.19. The predicted molar refractivity (Wildman–Crippen MR) is 116 cm³/mol. The molecule has 0 bridgehead atoms. The molecule has 0 radical (unpaired) electrons. The summed E-state index contributed by atoms with van der Waals surface area (Å²) in [5.41, 5.74) is 7.68. The van der Waals surface area contributed by atoms with E-state index in [2.05, 4.69) is 10.9 Å². The minimum atomic E-state index is -0.286. The number of nitrogens with one attached hydrogen (secondary N) is 2. The lowest BCUT2D eigenvalue weighted by Crippen LogP contribution is -2.42. The molecule has 2 amide bonds. The number of hydrogen-bond acceptors (Lipinski definition) is 6. The largest absolute Gasteiger partial charge is 0.496 e. The summed E-state index contributed by atoms with van der Waals surface area (Å²) < 4.78 is 5.32. The number of thiophene rings is 1. The van der Waals surface area contributed by atoms with Gasteiger partial charge < -0.3 is 4.74 Å². The van der Waals surface area contributed by atoms with Gasteiger partial charge in [0, 0.05) is 21.8 Å². The van der Waals surface area contributed by atoms with E-state index >= 15 is 0 Å². The van der Waals surface area contributed by atoms with Crippen LogP contribution in [0.2, 0.25) is 0 Å². The number of thioether (sulfide) groups is 1. The minimum Gasteiger partial charge on any atom is -0.496 e. The van der Waals surface area contributed by atoms with E-state index in [-0.39, 0.29) is 23.4 Å². The van der Waals surface area contributed by atoms with Crippen molar-refractivity contribution in [2.45, 2.75) is 38.4 Å². The second kappa shape index (κ2) is 9.93. The highest BCUT2D eigenvalue weighted by Gasteiger charge is 2.17. The third kappa shape index (κ3) is 5.61. The SMILES string of the molecule is COc1ccc(C(C)=O)cc1CSCC(=O)NNC(=O)c1cc2c(s1)CCCC2. The van der Waals surface area contributed by atoms with Gasteiger partial charge in [0.1, 0.15) is 5.75 Å². The Bertz CT molecular complexity index is 900. The molecular weight excluding hydrogens is 408 g/mol. The van der Waals surface area contributed by atoms with E-state index in [9.17, 15) is 14.4 Å². The first-order valence-corrected chi connectivity index (χ1v) is 11.4. The average Bonchev–Trinajstić information content (AvgIpc) is 3.16. The summed E-state index contributed by atoms with van der Waals surface area (Å²) in [5, 5.41) is 0. The molecule has 1 heterocycles. The number of ether oxygens (including phenoxy) is 1. The first-order chi connectivity index (χ1) is 14.0. The summed E-state index contributed by atoms with van der Waals surface area (Å²) in [4.78, 5) is 37.8.